The summed E-state index contributed by atoms with van der Waals surface area (Å²) >= 11 is 0. The molecule has 1 unspecified atom stereocenters. The lowest BCUT2D eigenvalue weighted by Gasteiger charge is -2.24. The Morgan fingerprint density at radius 2 is 2.08 bits per heavy atom. The summed E-state index contributed by atoms with van der Waals surface area (Å²) in [5.74, 6) is -0.166. The van der Waals surface area contributed by atoms with E-state index in [0.29, 0.717) is 6.42 Å². The van der Waals surface area contributed by atoms with Crippen molar-refractivity contribution in [2.45, 2.75) is 39.7 Å². The summed E-state index contributed by atoms with van der Waals surface area (Å²) in [6, 6.07) is 0.129. The number of nitrogens with two attached hydrogens (primary N) is 1. The number of carbonyl (C=O) groups excluding carboxylic acids is 1. The van der Waals surface area contributed by atoms with Gasteiger partial charge in [-0.1, -0.05) is 13.8 Å². The second-order valence-corrected chi connectivity index (χ2v) is 4.10. The highest BCUT2D eigenvalue weighted by Gasteiger charge is 2.23. The molecular formula is C9H19NO2. The topological polar surface area (TPSA) is 52.3 Å². The van der Waals surface area contributed by atoms with Gasteiger partial charge in [0.1, 0.15) is 0 Å². The fraction of sp³-hybridized carbons (Fsp3) is 0.889. The Balaban J connectivity index is 3.94. The van der Waals surface area contributed by atoms with Gasteiger partial charge in [-0.3, -0.25) is 4.79 Å². The first kappa shape index (κ1) is 11.4. The van der Waals surface area contributed by atoms with Gasteiger partial charge in [0.25, 0.3) is 0 Å². The lowest BCUT2D eigenvalue weighted by molar-refractivity contribution is -0.143. The first-order chi connectivity index (χ1) is 5.37. The molecule has 72 valence electrons. The van der Waals surface area contributed by atoms with E-state index in [-0.39, 0.29) is 17.4 Å². The standard InChI is InChI=1S/C9H19NO2/c1-7(10)5-9(2,3)6-8(11)12-4/h7H,5-6,10H2,1-4H3. The Morgan fingerprint density at radius 3 is 2.42 bits per heavy atom. The maximum atomic E-state index is 10.9. The number of ether oxygens (including phenoxy) is 1. The van der Waals surface area contributed by atoms with Gasteiger partial charge in [-0.15, -0.1) is 0 Å². The normalized spacial score (nSPS) is 14.1. The van der Waals surface area contributed by atoms with E-state index in [4.69, 9.17) is 5.73 Å². The van der Waals surface area contributed by atoms with Crippen LogP contribution in [0.5, 0.6) is 0 Å². The first-order valence-corrected chi connectivity index (χ1v) is 4.20. The van der Waals surface area contributed by atoms with Crippen molar-refractivity contribution in [3.05, 3.63) is 0 Å². The number of hydrogen-bond acceptors (Lipinski definition) is 3. The fourth-order valence-corrected chi connectivity index (χ4v) is 1.41. The molecule has 0 fully saturated rings. The minimum absolute atomic E-state index is 0.0543. The number of esters is 1. The Kier molecular flexibility index (Phi) is 4.24. The van der Waals surface area contributed by atoms with Crippen LogP contribution in [0.4, 0.5) is 0 Å². The second-order valence-electron chi connectivity index (χ2n) is 4.10. The van der Waals surface area contributed by atoms with Gasteiger partial charge in [0.05, 0.1) is 13.5 Å². The van der Waals surface area contributed by atoms with Crippen LogP contribution >= 0.6 is 0 Å². The molecule has 0 spiro atoms. The van der Waals surface area contributed by atoms with E-state index >= 15 is 0 Å². The summed E-state index contributed by atoms with van der Waals surface area (Å²) in [6.07, 6.45) is 1.27. The van der Waals surface area contributed by atoms with Crippen molar-refractivity contribution >= 4 is 5.97 Å². The maximum absolute atomic E-state index is 10.9. The van der Waals surface area contributed by atoms with Crippen LogP contribution in [0.15, 0.2) is 0 Å². The molecule has 0 aliphatic carbocycles. The van der Waals surface area contributed by atoms with E-state index in [9.17, 15) is 4.79 Å². The van der Waals surface area contributed by atoms with E-state index in [1.54, 1.807) is 0 Å². The van der Waals surface area contributed by atoms with Crippen molar-refractivity contribution in [1.82, 2.24) is 0 Å². The fourth-order valence-electron chi connectivity index (χ4n) is 1.41. The average Bonchev–Trinajstić information content (AvgIpc) is 1.83. The molecule has 0 aliphatic rings. The van der Waals surface area contributed by atoms with Crippen LogP contribution in [0.2, 0.25) is 0 Å². The first-order valence-electron chi connectivity index (χ1n) is 4.20. The third-order valence-electron chi connectivity index (χ3n) is 1.73. The Morgan fingerprint density at radius 1 is 1.58 bits per heavy atom. The highest BCUT2D eigenvalue weighted by Crippen LogP contribution is 2.26. The summed E-state index contributed by atoms with van der Waals surface area (Å²) in [5.41, 5.74) is 5.59. The molecule has 0 amide bonds. The Labute approximate surface area is 74.3 Å². The Hall–Kier alpha value is -0.570. The van der Waals surface area contributed by atoms with Crippen LogP contribution in [-0.2, 0) is 9.53 Å². The SMILES string of the molecule is COC(=O)CC(C)(C)CC(C)N. The predicted octanol–water partition coefficient (Wildman–Crippen LogP) is 1.31. The number of methoxy groups -OCH3 is 1. The highest BCUT2D eigenvalue weighted by molar-refractivity contribution is 5.69. The molecule has 0 rings (SSSR count). The quantitative estimate of drug-likeness (QED) is 0.652. The molecule has 0 aromatic heterocycles. The van der Waals surface area contributed by atoms with Gasteiger partial charge in [0.2, 0.25) is 0 Å². The van der Waals surface area contributed by atoms with E-state index in [0.717, 1.165) is 6.42 Å². The number of carbonyl (C=O) groups is 1. The van der Waals surface area contributed by atoms with Crippen LogP contribution in [0.1, 0.15) is 33.6 Å². The molecule has 0 aromatic rings. The van der Waals surface area contributed by atoms with Crippen molar-refractivity contribution in [2.24, 2.45) is 11.1 Å². The van der Waals surface area contributed by atoms with Gasteiger partial charge in [0.15, 0.2) is 0 Å². The predicted molar refractivity (Wildman–Crippen MR) is 48.7 cm³/mol. The van der Waals surface area contributed by atoms with Gasteiger partial charge < -0.3 is 10.5 Å². The molecule has 0 saturated heterocycles. The molecule has 1 atom stereocenters. The van der Waals surface area contributed by atoms with Gasteiger partial charge in [-0.25, -0.2) is 0 Å². The molecule has 0 heterocycles. The Bertz CT molecular complexity index is 153. The van der Waals surface area contributed by atoms with Crippen molar-refractivity contribution < 1.29 is 9.53 Å². The van der Waals surface area contributed by atoms with E-state index < -0.39 is 0 Å². The van der Waals surface area contributed by atoms with Crippen LogP contribution in [0.25, 0.3) is 0 Å². The van der Waals surface area contributed by atoms with Crippen molar-refractivity contribution in [3.63, 3.8) is 0 Å². The van der Waals surface area contributed by atoms with Gasteiger partial charge >= 0.3 is 5.97 Å². The molecule has 0 radical (unpaired) electrons. The lowest BCUT2D eigenvalue weighted by atomic mass is 9.83. The second kappa shape index (κ2) is 4.45. The third kappa shape index (κ3) is 5.13. The molecular weight excluding hydrogens is 154 g/mol. The highest BCUT2D eigenvalue weighted by atomic mass is 16.5. The maximum Gasteiger partial charge on any atom is 0.306 e. The van der Waals surface area contributed by atoms with Crippen molar-refractivity contribution in [3.8, 4) is 0 Å². The summed E-state index contributed by atoms with van der Waals surface area (Å²) in [6.45, 7) is 5.99. The average molecular weight is 173 g/mol. The summed E-state index contributed by atoms with van der Waals surface area (Å²) in [4.78, 5) is 10.9. The van der Waals surface area contributed by atoms with E-state index in [1.165, 1.54) is 7.11 Å². The molecule has 3 heteroatoms. The minimum atomic E-state index is -0.166. The van der Waals surface area contributed by atoms with Crippen molar-refractivity contribution in [1.29, 1.82) is 0 Å². The van der Waals surface area contributed by atoms with E-state index in [2.05, 4.69) is 4.74 Å². The zero-order chi connectivity index (χ0) is 9.78. The summed E-state index contributed by atoms with van der Waals surface area (Å²) < 4.78 is 4.59. The van der Waals surface area contributed by atoms with Crippen molar-refractivity contribution in [2.75, 3.05) is 7.11 Å². The van der Waals surface area contributed by atoms with Crippen LogP contribution in [0, 0.1) is 5.41 Å². The molecule has 2 N–H and O–H groups in total. The molecule has 0 bridgehead atoms. The number of rotatable bonds is 4. The van der Waals surface area contributed by atoms with Crippen LogP contribution < -0.4 is 5.73 Å². The van der Waals surface area contributed by atoms with E-state index in [1.807, 2.05) is 20.8 Å². The monoisotopic (exact) mass is 173 g/mol. The third-order valence-corrected chi connectivity index (χ3v) is 1.73. The molecule has 3 nitrogen and oxygen atoms in total. The van der Waals surface area contributed by atoms with Crippen LogP contribution in [0.3, 0.4) is 0 Å². The zero-order valence-corrected chi connectivity index (χ0v) is 8.39. The number of hydrogen-bond donors (Lipinski definition) is 1. The molecule has 0 saturated carbocycles. The molecule has 0 aliphatic heterocycles. The minimum Gasteiger partial charge on any atom is -0.469 e. The summed E-state index contributed by atoms with van der Waals surface area (Å²) in [7, 11) is 1.41. The van der Waals surface area contributed by atoms with Crippen LogP contribution in [-0.4, -0.2) is 19.1 Å². The van der Waals surface area contributed by atoms with Gasteiger partial charge in [-0.05, 0) is 18.8 Å². The summed E-state index contributed by atoms with van der Waals surface area (Å²) in [5, 5.41) is 0. The molecule has 0 aromatic carbocycles. The largest absolute Gasteiger partial charge is 0.469 e. The van der Waals surface area contributed by atoms with Gasteiger partial charge in [-0.2, -0.15) is 0 Å². The zero-order valence-electron chi connectivity index (χ0n) is 8.39. The lowest BCUT2D eigenvalue weighted by Crippen LogP contribution is -2.27. The smallest absolute Gasteiger partial charge is 0.306 e. The molecule has 12 heavy (non-hydrogen) atoms. The van der Waals surface area contributed by atoms with Gasteiger partial charge in [0, 0.05) is 6.04 Å².